The molecule has 0 spiro atoms. The molecule has 0 aromatic heterocycles. The Kier molecular flexibility index (Phi) is 5.17. The Bertz CT molecular complexity index is 355. The number of nitrogens with zero attached hydrogens (tertiary/aromatic N) is 1. The van der Waals surface area contributed by atoms with E-state index in [0.29, 0.717) is 5.75 Å². The van der Waals surface area contributed by atoms with E-state index < -0.39 is 0 Å². The number of phenolic OH excluding ortho intramolecular Hbond substituents is 1. The third-order valence-corrected chi connectivity index (χ3v) is 4.20. The van der Waals surface area contributed by atoms with Crippen LogP contribution in [0.5, 0.6) is 5.75 Å². The lowest BCUT2D eigenvalue weighted by atomic mass is 9.81. The van der Waals surface area contributed by atoms with Crippen LogP contribution in [0.4, 0.5) is 0 Å². The fourth-order valence-electron chi connectivity index (χ4n) is 2.81. The molecular weight excluding hydrogens is 224 g/mol. The van der Waals surface area contributed by atoms with Crippen LogP contribution < -0.4 is 5.73 Å². The first-order valence-corrected chi connectivity index (χ1v) is 6.67. The van der Waals surface area contributed by atoms with Crippen molar-refractivity contribution in [3.05, 3.63) is 29.8 Å². The van der Waals surface area contributed by atoms with Gasteiger partial charge < -0.3 is 15.7 Å². The highest BCUT2D eigenvalue weighted by Crippen LogP contribution is 2.27. The smallest absolute Gasteiger partial charge is 0.115 e. The fraction of sp³-hybridized carbons (Fsp3) is 0.600. The highest BCUT2D eigenvalue weighted by Gasteiger charge is 2.35. The maximum absolute atomic E-state index is 9.29. The molecule has 0 amide bonds. The Balaban J connectivity index is 2.85. The van der Waals surface area contributed by atoms with Gasteiger partial charge in [-0.3, -0.25) is 0 Å². The molecule has 3 nitrogen and oxygen atoms in total. The molecule has 0 saturated carbocycles. The van der Waals surface area contributed by atoms with Gasteiger partial charge in [0.2, 0.25) is 0 Å². The number of hydrogen-bond donors (Lipinski definition) is 2. The molecule has 0 heterocycles. The standard InChI is InChI=1S/C15H26N2O/c1-5-15(6-2,17(3)4)14(16)11-12-7-9-13(18)10-8-12/h7-10,14,18H,5-6,11,16H2,1-4H3. The van der Waals surface area contributed by atoms with Crippen molar-refractivity contribution in [3.63, 3.8) is 0 Å². The molecule has 0 aliphatic rings. The van der Waals surface area contributed by atoms with Crippen molar-refractivity contribution in [3.8, 4) is 5.75 Å². The minimum atomic E-state index is 0.0396. The molecular formula is C15H26N2O. The van der Waals surface area contributed by atoms with Gasteiger partial charge in [0.25, 0.3) is 0 Å². The lowest BCUT2D eigenvalue weighted by Crippen LogP contribution is -2.57. The summed E-state index contributed by atoms with van der Waals surface area (Å²) in [6.45, 7) is 4.39. The van der Waals surface area contributed by atoms with Crippen molar-refractivity contribution in [2.45, 2.75) is 44.7 Å². The van der Waals surface area contributed by atoms with Crippen molar-refractivity contribution < 1.29 is 5.11 Å². The summed E-state index contributed by atoms with van der Waals surface area (Å²) in [4.78, 5) is 2.25. The van der Waals surface area contributed by atoms with Crippen LogP contribution in [0.1, 0.15) is 32.3 Å². The molecule has 3 N–H and O–H groups in total. The van der Waals surface area contributed by atoms with E-state index in [4.69, 9.17) is 5.73 Å². The molecule has 1 atom stereocenters. The van der Waals surface area contributed by atoms with E-state index in [-0.39, 0.29) is 11.6 Å². The van der Waals surface area contributed by atoms with E-state index in [1.807, 2.05) is 12.1 Å². The van der Waals surface area contributed by atoms with E-state index in [0.717, 1.165) is 19.3 Å². The largest absolute Gasteiger partial charge is 0.508 e. The third-order valence-electron chi connectivity index (χ3n) is 4.20. The number of likely N-dealkylation sites (N-methyl/N-ethyl adjacent to an activating group) is 1. The van der Waals surface area contributed by atoms with Crippen molar-refractivity contribution in [1.82, 2.24) is 4.90 Å². The predicted molar refractivity (Wildman–Crippen MR) is 76.8 cm³/mol. The number of hydrogen-bond acceptors (Lipinski definition) is 3. The van der Waals surface area contributed by atoms with Crippen LogP contribution in [0.25, 0.3) is 0 Å². The van der Waals surface area contributed by atoms with Gasteiger partial charge in [-0.2, -0.15) is 0 Å². The summed E-state index contributed by atoms with van der Waals surface area (Å²) in [6.07, 6.45) is 2.91. The number of rotatable bonds is 6. The molecule has 0 radical (unpaired) electrons. The second-order valence-corrected chi connectivity index (χ2v) is 5.18. The third kappa shape index (κ3) is 3.03. The Morgan fingerprint density at radius 3 is 2.06 bits per heavy atom. The molecule has 1 unspecified atom stereocenters. The van der Waals surface area contributed by atoms with Gasteiger partial charge in [-0.15, -0.1) is 0 Å². The van der Waals surface area contributed by atoms with Gasteiger partial charge in [-0.1, -0.05) is 26.0 Å². The van der Waals surface area contributed by atoms with E-state index in [9.17, 15) is 5.11 Å². The molecule has 0 aliphatic heterocycles. The van der Waals surface area contributed by atoms with Crippen LogP contribution in [-0.2, 0) is 6.42 Å². The van der Waals surface area contributed by atoms with Crippen molar-refractivity contribution in [2.24, 2.45) is 5.73 Å². The maximum atomic E-state index is 9.29. The zero-order valence-corrected chi connectivity index (χ0v) is 12.0. The number of aromatic hydroxyl groups is 1. The Morgan fingerprint density at radius 1 is 1.17 bits per heavy atom. The second kappa shape index (κ2) is 6.21. The topological polar surface area (TPSA) is 49.5 Å². The molecule has 3 heteroatoms. The minimum absolute atomic E-state index is 0.0396. The zero-order valence-electron chi connectivity index (χ0n) is 12.0. The van der Waals surface area contributed by atoms with Crippen molar-refractivity contribution >= 4 is 0 Å². The molecule has 1 aromatic rings. The van der Waals surface area contributed by atoms with Gasteiger partial charge in [-0.25, -0.2) is 0 Å². The van der Waals surface area contributed by atoms with E-state index in [1.54, 1.807) is 12.1 Å². The first-order chi connectivity index (χ1) is 8.46. The molecule has 0 fully saturated rings. The monoisotopic (exact) mass is 250 g/mol. The van der Waals surface area contributed by atoms with Crippen LogP contribution in [0.15, 0.2) is 24.3 Å². The summed E-state index contributed by atoms with van der Waals surface area (Å²) in [7, 11) is 4.20. The molecule has 0 bridgehead atoms. The van der Waals surface area contributed by atoms with Crippen LogP contribution in [0, 0.1) is 0 Å². The summed E-state index contributed by atoms with van der Waals surface area (Å²) in [5, 5.41) is 9.29. The van der Waals surface area contributed by atoms with Crippen LogP contribution >= 0.6 is 0 Å². The summed E-state index contributed by atoms with van der Waals surface area (Å²) in [6, 6.07) is 7.42. The fourth-order valence-corrected chi connectivity index (χ4v) is 2.81. The summed E-state index contributed by atoms with van der Waals surface area (Å²) < 4.78 is 0. The van der Waals surface area contributed by atoms with Crippen LogP contribution in [0.3, 0.4) is 0 Å². The molecule has 102 valence electrons. The number of nitrogens with two attached hydrogens (primary N) is 1. The van der Waals surface area contributed by atoms with E-state index in [1.165, 1.54) is 5.56 Å². The Labute approximate surface area is 111 Å². The summed E-state index contributed by atoms with van der Waals surface area (Å²) in [5.74, 6) is 0.303. The second-order valence-electron chi connectivity index (χ2n) is 5.18. The minimum Gasteiger partial charge on any atom is -0.508 e. The van der Waals surface area contributed by atoms with Gasteiger partial charge in [0.1, 0.15) is 5.75 Å². The summed E-state index contributed by atoms with van der Waals surface area (Å²) >= 11 is 0. The lowest BCUT2D eigenvalue weighted by Gasteiger charge is -2.43. The normalized spacial score (nSPS) is 13.9. The molecule has 18 heavy (non-hydrogen) atoms. The summed E-state index contributed by atoms with van der Waals surface area (Å²) in [5.41, 5.74) is 7.65. The van der Waals surface area contributed by atoms with Gasteiger partial charge >= 0.3 is 0 Å². The average molecular weight is 250 g/mol. The molecule has 1 aromatic carbocycles. The van der Waals surface area contributed by atoms with Gasteiger partial charge in [0, 0.05) is 11.6 Å². The number of phenols is 1. The van der Waals surface area contributed by atoms with Gasteiger partial charge in [-0.05, 0) is 51.1 Å². The Hall–Kier alpha value is -1.06. The predicted octanol–water partition coefficient (Wildman–Crippen LogP) is 2.38. The van der Waals surface area contributed by atoms with Crippen LogP contribution in [0.2, 0.25) is 0 Å². The van der Waals surface area contributed by atoms with Crippen molar-refractivity contribution in [1.29, 1.82) is 0 Å². The zero-order chi connectivity index (χ0) is 13.8. The first kappa shape index (κ1) is 15.0. The SMILES string of the molecule is CCC(CC)(C(N)Cc1ccc(O)cc1)N(C)C. The van der Waals surface area contributed by atoms with E-state index >= 15 is 0 Å². The average Bonchev–Trinajstić information content (AvgIpc) is 2.34. The van der Waals surface area contributed by atoms with E-state index in [2.05, 4.69) is 32.8 Å². The Morgan fingerprint density at radius 2 is 1.67 bits per heavy atom. The van der Waals surface area contributed by atoms with Crippen LogP contribution in [-0.4, -0.2) is 35.7 Å². The van der Waals surface area contributed by atoms with Crippen molar-refractivity contribution in [2.75, 3.05) is 14.1 Å². The maximum Gasteiger partial charge on any atom is 0.115 e. The number of benzene rings is 1. The highest BCUT2D eigenvalue weighted by atomic mass is 16.3. The highest BCUT2D eigenvalue weighted by molar-refractivity contribution is 5.27. The quantitative estimate of drug-likeness (QED) is 0.815. The van der Waals surface area contributed by atoms with Gasteiger partial charge in [0.05, 0.1) is 0 Å². The van der Waals surface area contributed by atoms with Gasteiger partial charge in [0.15, 0.2) is 0 Å². The molecule has 0 aliphatic carbocycles. The first-order valence-electron chi connectivity index (χ1n) is 6.67. The molecule has 0 saturated heterocycles. The molecule has 1 rings (SSSR count). The lowest BCUT2D eigenvalue weighted by molar-refractivity contribution is 0.105.